The maximum absolute atomic E-state index is 12.1. The van der Waals surface area contributed by atoms with E-state index in [0.717, 1.165) is 19.4 Å². The van der Waals surface area contributed by atoms with Crippen molar-refractivity contribution in [3.63, 3.8) is 0 Å². The van der Waals surface area contributed by atoms with E-state index >= 15 is 0 Å². The second kappa shape index (κ2) is 8.51. The van der Waals surface area contributed by atoms with Gasteiger partial charge in [0.25, 0.3) is 5.91 Å². The summed E-state index contributed by atoms with van der Waals surface area (Å²) < 4.78 is 0. The molecule has 120 valence electrons. The highest BCUT2D eigenvalue weighted by Crippen LogP contribution is 2.10. The Bertz CT molecular complexity index is 562. The fraction of sp³-hybridized carbons (Fsp3) is 0.400. The Balaban J connectivity index is 0.00000242. The molecule has 7 heteroatoms. The molecule has 3 N–H and O–H groups in total. The Morgan fingerprint density at radius 1 is 1.45 bits per heavy atom. The number of carbonyl (C=O) groups is 2. The highest BCUT2D eigenvalue weighted by atomic mass is 35.5. The fourth-order valence-corrected chi connectivity index (χ4v) is 2.30. The third-order valence-corrected chi connectivity index (χ3v) is 3.44. The number of halogens is 1. The molecule has 2 rings (SSSR count). The number of piperidine rings is 1. The molecule has 1 aromatic rings. The van der Waals surface area contributed by atoms with Crippen molar-refractivity contribution in [2.45, 2.75) is 18.9 Å². The summed E-state index contributed by atoms with van der Waals surface area (Å²) in [6, 6.07) is 1.76. The van der Waals surface area contributed by atoms with E-state index in [-0.39, 0.29) is 30.3 Å². The van der Waals surface area contributed by atoms with Crippen molar-refractivity contribution in [1.82, 2.24) is 15.2 Å². The van der Waals surface area contributed by atoms with Gasteiger partial charge in [0.1, 0.15) is 0 Å². The van der Waals surface area contributed by atoms with Crippen molar-refractivity contribution in [3.8, 4) is 0 Å². The van der Waals surface area contributed by atoms with Crippen LogP contribution in [0.2, 0.25) is 0 Å². The molecular formula is C15H21ClN4O2. The topological polar surface area (TPSA) is 88.3 Å². The molecule has 1 aromatic heterocycles. The Morgan fingerprint density at radius 2 is 2.23 bits per heavy atom. The van der Waals surface area contributed by atoms with E-state index in [2.05, 4.69) is 10.3 Å². The number of aromatic nitrogens is 1. The first-order chi connectivity index (χ1) is 10.1. The van der Waals surface area contributed by atoms with Crippen LogP contribution in [0, 0.1) is 0 Å². The molecule has 0 aromatic carbocycles. The molecule has 0 bridgehead atoms. The Kier molecular flexibility index (Phi) is 7.01. The van der Waals surface area contributed by atoms with Gasteiger partial charge in [-0.1, -0.05) is 0 Å². The first-order valence-electron chi connectivity index (χ1n) is 7.00. The molecule has 1 fully saturated rings. The first-order valence-corrected chi connectivity index (χ1v) is 7.00. The van der Waals surface area contributed by atoms with Crippen LogP contribution >= 0.6 is 12.4 Å². The average Bonchev–Trinajstić information content (AvgIpc) is 2.52. The molecule has 1 aliphatic heterocycles. The van der Waals surface area contributed by atoms with Gasteiger partial charge in [-0.15, -0.1) is 12.4 Å². The average molecular weight is 325 g/mol. The van der Waals surface area contributed by atoms with E-state index in [4.69, 9.17) is 5.73 Å². The number of carbonyl (C=O) groups excluding carboxylic acids is 2. The normalized spacial score (nSPS) is 17.9. The van der Waals surface area contributed by atoms with Gasteiger partial charge in [0.2, 0.25) is 5.91 Å². The lowest BCUT2D eigenvalue weighted by Crippen LogP contribution is -2.45. The summed E-state index contributed by atoms with van der Waals surface area (Å²) in [5.74, 6) is -0.262. The minimum Gasteiger partial charge on any atom is -0.355 e. The van der Waals surface area contributed by atoms with Gasteiger partial charge in [-0.25, -0.2) is 0 Å². The lowest BCUT2D eigenvalue weighted by atomic mass is 10.1. The molecule has 2 heterocycles. The van der Waals surface area contributed by atoms with Gasteiger partial charge in [0, 0.05) is 44.6 Å². The molecule has 2 amide bonds. The summed E-state index contributed by atoms with van der Waals surface area (Å²) in [5.41, 5.74) is 7.04. The lowest BCUT2D eigenvalue weighted by Gasteiger charge is -2.29. The van der Waals surface area contributed by atoms with Crippen molar-refractivity contribution in [2.75, 3.05) is 20.1 Å². The number of hydrogen-bond acceptors (Lipinski definition) is 4. The van der Waals surface area contributed by atoms with E-state index in [1.54, 1.807) is 30.3 Å². The van der Waals surface area contributed by atoms with Gasteiger partial charge >= 0.3 is 0 Å². The summed E-state index contributed by atoms with van der Waals surface area (Å²) in [4.78, 5) is 29.3. The minimum absolute atomic E-state index is 0. The first kappa shape index (κ1) is 18.1. The summed E-state index contributed by atoms with van der Waals surface area (Å²) >= 11 is 0. The zero-order valence-corrected chi connectivity index (χ0v) is 13.3. The van der Waals surface area contributed by atoms with Crippen molar-refractivity contribution in [3.05, 3.63) is 35.7 Å². The third-order valence-electron chi connectivity index (χ3n) is 3.44. The summed E-state index contributed by atoms with van der Waals surface area (Å²) in [6.45, 7) is 1.34. The van der Waals surface area contributed by atoms with Crippen LogP contribution in [-0.4, -0.2) is 47.9 Å². The van der Waals surface area contributed by atoms with Crippen LogP contribution in [0.4, 0.5) is 0 Å². The van der Waals surface area contributed by atoms with Gasteiger partial charge in [0.15, 0.2) is 0 Å². The number of likely N-dealkylation sites (tertiary alicyclic amines) is 1. The van der Waals surface area contributed by atoms with E-state index in [1.165, 1.54) is 12.3 Å². The molecule has 0 spiro atoms. The van der Waals surface area contributed by atoms with Crippen molar-refractivity contribution < 1.29 is 9.59 Å². The molecule has 1 aliphatic rings. The molecule has 1 unspecified atom stereocenters. The van der Waals surface area contributed by atoms with Gasteiger partial charge < -0.3 is 16.0 Å². The Hall–Kier alpha value is -1.92. The zero-order chi connectivity index (χ0) is 15.2. The second-order valence-electron chi connectivity index (χ2n) is 5.11. The van der Waals surface area contributed by atoms with Crippen LogP contribution in [0.1, 0.15) is 28.8 Å². The van der Waals surface area contributed by atoms with Crippen molar-refractivity contribution >= 4 is 30.3 Å². The predicted molar refractivity (Wildman–Crippen MR) is 87.7 cm³/mol. The second-order valence-corrected chi connectivity index (χ2v) is 5.11. The number of amides is 2. The van der Waals surface area contributed by atoms with Crippen LogP contribution < -0.4 is 11.1 Å². The van der Waals surface area contributed by atoms with E-state index < -0.39 is 0 Å². The highest BCUT2D eigenvalue weighted by Gasteiger charge is 2.19. The number of rotatable bonds is 3. The minimum atomic E-state index is -0.203. The molecule has 22 heavy (non-hydrogen) atoms. The third kappa shape index (κ3) is 4.82. The van der Waals surface area contributed by atoms with Crippen LogP contribution in [0.25, 0.3) is 6.08 Å². The Labute approximate surface area is 136 Å². The lowest BCUT2D eigenvalue weighted by molar-refractivity contribution is -0.127. The maximum atomic E-state index is 12.1. The molecule has 1 atom stereocenters. The van der Waals surface area contributed by atoms with Crippen LogP contribution in [-0.2, 0) is 4.79 Å². The van der Waals surface area contributed by atoms with E-state index in [9.17, 15) is 9.59 Å². The van der Waals surface area contributed by atoms with Crippen molar-refractivity contribution in [1.29, 1.82) is 0 Å². The molecule has 1 saturated heterocycles. The fourth-order valence-electron chi connectivity index (χ4n) is 2.30. The summed E-state index contributed by atoms with van der Waals surface area (Å²) in [6.07, 6.45) is 8.17. The summed E-state index contributed by atoms with van der Waals surface area (Å²) in [5, 5.41) is 2.54. The predicted octanol–water partition coefficient (Wildman–Crippen LogP) is 0.826. The van der Waals surface area contributed by atoms with Crippen LogP contribution in [0.5, 0.6) is 0 Å². The maximum Gasteiger partial charge on any atom is 0.252 e. The number of pyridine rings is 1. The standard InChI is InChI=1S/C15H20N4O2.ClH/c1-17-15(21)12-7-11(8-18-9-12)4-5-14(20)19-6-2-3-13(16)10-19;/h4-5,7-9,13H,2-3,6,10,16H2,1H3,(H,17,21);1H. The SMILES string of the molecule is CNC(=O)c1cncc(C=CC(=O)N2CCCC(N)C2)c1.Cl. The molecule has 0 aliphatic carbocycles. The molecule has 0 radical (unpaired) electrons. The number of nitrogens with two attached hydrogens (primary N) is 1. The van der Waals surface area contributed by atoms with Gasteiger partial charge in [-0.05, 0) is 30.5 Å². The number of nitrogens with zero attached hydrogens (tertiary/aromatic N) is 2. The van der Waals surface area contributed by atoms with Gasteiger partial charge in [-0.2, -0.15) is 0 Å². The largest absolute Gasteiger partial charge is 0.355 e. The molecular weight excluding hydrogens is 304 g/mol. The van der Waals surface area contributed by atoms with E-state index in [1.807, 2.05) is 0 Å². The van der Waals surface area contributed by atoms with Crippen molar-refractivity contribution in [2.24, 2.45) is 5.73 Å². The zero-order valence-electron chi connectivity index (χ0n) is 12.5. The van der Waals surface area contributed by atoms with Gasteiger partial charge in [-0.3, -0.25) is 14.6 Å². The smallest absolute Gasteiger partial charge is 0.252 e. The van der Waals surface area contributed by atoms with E-state index in [0.29, 0.717) is 17.7 Å². The Morgan fingerprint density at radius 3 is 2.91 bits per heavy atom. The summed E-state index contributed by atoms with van der Waals surface area (Å²) in [7, 11) is 1.56. The number of nitrogens with one attached hydrogen (secondary N) is 1. The van der Waals surface area contributed by atoms with Gasteiger partial charge in [0.05, 0.1) is 5.56 Å². The van der Waals surface area contributed by atoms with Crippen LogP contribution in [0.3, 0.4) is 0 Å². The molecule has 6 nitrogen and oxygen atoms in total. The number of hydrogen-bond donors (Lipinski definition) is 2. The molecule has 0 saturated carbocycles. The highest BCUT2D eigenvalue weighted by molar-refractivity contribution is 5.95. The van der Waals surface area contributed by atoms with Crippen LogP contribution in [0.15, 0.2) is 24.5 Å². The monoisotopic (exact) mass is 324 g/mol. The quantitative estimate of drug-likeness (QED) is 0.806.